The Bertz CT molecular complexity index is 518. The van der Waals surface area contributed by atoms with Gasteiger partial charge < -0.3 is 16.4 Å². The zero-order valence-electron chi connectivity index (χ0n) is 10.8. The van der Waals surface area contributed by atoms with Gasteiger partial charge in [0.2, 0.25) is 11.9 Å². The number of aromatic nitrogens is 2. The first-order valence-corrected chi connectivity index (χ1v) is 5.90. The van der Waals surface area contributed by atoms with Gasteiger partial charge in [-0.1, -0.05) is 0 Å². The molecule has 2 amide bonds. The Kier molecular flexibility index (Phi) is 3.50. The lowest BCUT2D eigenvalue weighted by molar-refractivity contribution is -0.146. The summed E-state index contributed by atoms with van der Waals surface area (Å²) in [6.45, 7) is 0. The van der Waals surface area contributed by atoms with Gasteiger partial charge in [0.1, 0.15) is 17.7 Å². The van der Waals surface area contributed by atoms with Crippen molar-refractivity contribution < 1.29 is 9.59 Å². The summed E-state index contributed by atoms with van der Waals surface area (Å²) >= 11 is 0. The first-order valence-electron chi connectivity index (χ1n) is 5.90. The molecule has 1 aliphatic heterocycles. The van der Waals surface area contributed by atoms with Crippen LogP contribution in [0.2, 0.25) is 0 Å². The molecule has 1 saturated heterocycles. The summed E-state index contributed by atoms with van der Waals surface area (Å²) in [5.74, 6) is 0.697. The van der Waals surface area contributed by atoms with E-state index in [1.54, 1.807) is 13.1 Å². The number of nitrogen functional groups attached to an aromatic ring is 1. The number of carbonyl (C=O) groups excluding carboxylic acids is 2. The number of piperidine rings is 1. The van der Waals surface area contributed by atoms with Crippen LogP contribution in [0, 0.1) is 0 Å². The fraction of sp³-hybridized carbons (Fsp3) is 0.455. The van der Waals surface area contributed by atoms with E-state index >= 15 is 0 Å². The zero-order chi connectivity index (χ0) is 14.0. The fourth-order valence-corrected chi connectivity index (χ4v) is 1.90. The van der Waals surface area contributed by atoms with Gasteiger partial charge in [-0.05, 0) is 6.42 Å². The number of anilines is 3. The van der Waals surface area contributed by atoms with Crippen molar-refractivity contribution in [1.29, 1.82) is 0 Å². The maximum Gasteiger partial charge on any atom is 0.251 e. The number of hydrogen-bond donors (Lipinski definition) is 3. The number of imide groups is 1. The summed E-state index contributed by atoms with van der Waals surface area (Å²) in [6, 6.07) is 1.18. The predicted octanol–water partition coefficient (Wildman–Crippen LogP) is -0.340. The second kappa shape index (κ2) is 5.09. The average Bonchev–Trinajstić information content (AvgIpc) is 2.39. The minimum absolute atomic E-state index is 0.113. The minimum atomic E-state index is -0.471. The molecule has 0 aliphatic carbocycles. The van der Waals surface area contributed by atoms with Crippen molar-refractivity contribution in [3.8, 4) is 0 Å². The molecule has 1 aliphatic rings. The lowest BCUT2D eigenvalue weighted by atomic mass is 10.0. The van der Waals surface area contributed by atoms with Crippen molar-refractivity contribution in [3.63, 3.8) is 0 Å². The Labute approximate surface area is 110 Å². The normalized spacial score (nSPS) is 19.5. The molecule has 2 rings (SSSR count). The Hall–Kier alpha value is -2.38. The third-order valence-electron chi connectivity index (χ3n) is 2.97. The summed E-state index contributed by atoms with van der Waals surface area (Å²) in [7, 11) is 3.19. The number of nitrogens with two attached hydrogens (primary N) is 1. The van der Waals surface area contributed by atoms with Gasteiger partial charge in [-0.3, -0.25) is 14.5 Å². The average molecular weight is 264 g/mol. The Morgan fingerprint density at radius 2 is 2.05 bits per heavy atom. The van der Waals surface area contributed by atoms with Gasteiger partial charge in [-0.2, -0.15) is 9.97 Å². The smallest absolute Gasteiger partial charge is 0.251 e. The molecule has 1 aromatic rings. The van der Waals surface area contributed by atoms with Crippen molar-refractivity contribution >= 4 is 29.4 Å². The molecule has 102 valence electrons. The second-order valence-electron chi connectivity index (χ2n) is 4.27. The Morgan fingerprint density at radius 1 is 1.37 bits per heavy atom. The number of carbonyl (C=O) groups is 2. The fourth-order valence-electron chi connectivity index (χ4n) is 1.90. The lowest BCUT2D eigenvalue weighted by Gasteiger charge is -2.28. The quantitative estimate of drug-likeness (QED) is 0.640. The van der Waals surface area contributed by atoms with Crippen LogP contribution >= 0.6 is 0 Å². The Balaban J connectivity index is 2.15. The maximum absolute atomic E-state index is 11.9. The van der Waals surface area contributed by atoms with Crippen LogP contribution in [0.4, 0.5) is 17.6 Å². The highest BCUT2D eigenvalue weighted by molar-refractivity contribution is 6.01. The molecule has 1 fully saturated rings. The Morgan fingerprint density at radius 3 is 2.74 bits per heavy atom. The molecule has 4 N–H and O–H groups in total. The first-order chi connectivity index (χ1) is 9.01. The van der Waals surface area contributed by atoms with Crippen molar-refractivity contribution in [1.82, 2.24) is 14.9 Å². The van der Waals surface area contributed by atoms with Crippen LogP contribution in [-0.2, 0) is 9.59 Å². The van der Waals surface area contributed by atoms with E-state index in [4.69, 9.17) is 5.73 Å². The standard InChI is InChI=1S/C11H16N6O2/c1-13-7-5-8(16-11(12)15-7)14-6-3-4-9(18)17(2)10(6)19/h5-6H,3-4H2,1-2H3,(H4,12,13,14,15,16). The van der Waals surface area contributed by atoms with Crippen molar-refractivity contribution in [2.45, 2.75) is 18.9 Å². The second-order valence-corrected chi connectivity index (χ2v) is 4.27. The number of nitrogens with one attached hydrogen (secondary N) is 2. The topological polar surface area (TPSA) is 113 Å². The molecule has 0 radical (unpaired) electrons. The van der Waals surface area contributed by atoms with E-state index in [1.807, 2.05) is 0 Å². The van der Waals surface area contributed by atoms with E-state index in [1.165, 1.54) is 7.05 Å². The monoisotopic (exact) mass is 264 g/mol. The number of amides is 2. The molecular weight excluding hydrogens is 248 g/mol. The molecule has 0 saturated carbocycles. The van der Waals surface area contributed by atoms with Gasteiger partial charge in [0.05, 0.1) is 0 Å². The summed E-state index contributed by atoms with van der Waals surface area (Å²) in [6.07, 6.45) is 0.778. The van der Waals surface area contributed by atoms with Gasteiger partial charge in [0.25, 0.3) is 5.91 Å². The molecule has 1 unspecified atom stereocenters. The third-order valence-corrected chi connectivity index (χ3v) is 2.97. The minimum Gasteiger partial charge on any atom is -0.373 e. The molecular formula is C11H16N6O2. The summed E-state index contributed by atoms with van der Waals surface area (Å²) in [5, 5.41) is 5.83. The SMILES string of the molecule is CNc1cc(NC2CCC(=O)N(C)C2=O)nc(N)n1. The van der Waals surface area contributed by atoms with Crippen LogP contribution in [0.5, 0.6) is 0 Å². The maximum atomic E-state index is 11.9. The molecule has 8 heteroatoms. The van der Waals surface area contributed by atoms with Crippen LogP contribution < -0.4 is 16.4 Å². The van der Waals surface area contributed by atoms with E-state index in [0.717, 1.165) is 4.90 Å². The van der Waals surface area contributed by atoms with Gasteiger partial charge in [-0.15, -0.1) is 0 Å². The molecule has 8 nitrogen and oxygen atoms in total. The van der Waals surface area contributed by atoms with E-state index in [-0.39, 0.29) is 17.8 Å². The van der Waals surface area contributed by atoms with E-state index < -0.39 is 6.04 Å². The van der Waals surface area contributed by atoms with Crippen LogP contribution in [-0.4, -0.2) is 46.8 Å². The highest BCUT2D eigenvalue weighted by Gasteiger charge is 2.31. The van der Waals surface area contributed by atoms with Gasteiger partial charge in [-0.25, -0.2) is 0 Å². The van der Waals surface area contributed by atoms with E-state index in [0.29, 0.717) is 24.5 Å². The van der Waals surface area contributed by atoms with Crippen molar-refractivity contribution in [2.75, 3.05) is 30.5 Å². The molecule has 2 heterocycles. The molecule has 0 bridgehead atoms. The van der Waals surface area contributed by atoms with Gasteiger partial charge in [0, 0.05) is 26.6 Å². The lowest BCUT2D eigenvalue weighted by Crippen LogP contribution is -2.48. The predicted molar refractivity (Wildman–Crippen MR) is 70.4 cm³/mol. The van der Waals surface area contributed by atoms with E-state index in [2.05, 4.69) is 20.6 Å². The van der Waals surface area contributed by atoms with Gasteiger partial charge in [0.15, 0.2) is 0 Å². The third kappa shape index (κ3) is 2.72. The first kappa shape index (κ1) is 13.1. The summed E-state index contributed by atoms with van der Waals surface area (Å²) in [5.41, 5.74) is 5.57. The van der Waals surface area contributed by atoms with Crippen LogP contribution in [0.25, 0.3) is 0 Å². The number of nitrogens with zero attached hydrogens (tertiary/aromatic N) is 3. The van der Waals surface area contributed by atoms with Crippen molar-refractivity contribution in [2.24, 2.45) is 0 Å². The number of likely N-dealkylation sites (N-methyl/N-ethyl adjacent to an activating group) is 1. The summed E-state index contributed by atoms with van der Waals surface area (Å²) < 4.78 is 0. The number of likely N-dealkylation sites (tertiary alicyclic amines) is 1. The van der Waals surface area contributed by atoms with Crippen LogP contribution in [0.15, 0.2) is 6.07 Å². The van der Waals surface area contributed by atoms with Crippen LogP contribution in [0.1, 0.15) is 12.8 Å². The van der Waals surface area contributed by atoms with Gasteiger partial charge >= 0.3 is 0 Å². The van der Waals surface area contributed by atoms with Crippen LogP contribution in [0.3, 0.4) is 0 Å². The molecule has 1 atom stereocenters. The van der Waals surface area contributed by atoms with Crippen molar-refractivity contribution in [3.05, 3.63) is 6.07 Å². The highest BCUT2D eigenvalue weighted by Crippen LogP contribution is 2.18. The zero-order valence-corrected chi connectivity index (χ0v) is 10.8. The molecule has 0 spiro atoms. The summed E-state index contributed by atoms with van der Waals surface area (Å²) in [4.78, 5) is 32.4. The number of hydrogen-bond acceptors (Lipinski definition) is 7. The largest absolute Gasteiger partial charge is 0.373 e. The highest BCUT2D eigenvalue weighted by atomic mass is 16.2. The molecule has 0 aromatic carbocycles. The molecule has 1 aromatic heterocycles. The number of rotatable bonds is 3. The van der Waals surface area contributed by atoms with E-state index in [9.17, 15) is 9.59 Å². The molecule has 19 heavy (non-hydrogen) atoms.